The van der Waals surface area contributed by atoms with Gasteiger partial charge >= 0.3 is 0 Å². The summed E-state index contributed by atoms with van der Waals surface area (Å²) >= 11 is 3.25. The van der Waals surface area contributed by atoms with Crippen molar-refractivity contribution < 1.29 is 8.81 Å². The Morgan fingerprint density at radius 1 is 1.40 bits per heavy atom. The highest BCUT2D eigenvalue weighted by Gasteiger charge is 2.11. The summed E-state index contributed by atoms with van der Waals surface area (Å²) in [7, 11) is 0. The Balaban J connectivity index is 2.44. The van der Waals surface area contributed by atoms with Crippen LogP contribution in [0.25, 0.3) is 11.5 Å². The van der Waals surface area contributed by atoms with E-state index in [1.807, 2.05) is 6.92 Å². The molecule has 0 aliphatic carbocycles. The number of nitrogens with zero attached hydrogens (tertiary/aromatic N) is 2. The van der Waals surface area contributed by atoms with E-state index in [1.54, 1.807) is 6.07 Å². The van der Waals surface area contributed by atoms with Gasteiger partial charge in [-0.2, -0.15) is 0 Å². The van der Waals surface area contributed by atoms with Crippen LogP contribution in [0.4, 0.5) is 4.39 Å². The first kappa shape index (κ1) is 10.3. The standard InChI is InChI=1S/C10H8BrFN2O/c1-2-9-13-14-10(15-9)7-4-3-6(12)5-8(7)11/h3-5H,2H2,1H3. The molecule has 2 rings (SSSR count). The topological polar surface area (TPSA) is 38.9 Å². The van der Waals surface area contributed by atoms with Crippen molar-refractivity contribution in [1.82, 2.24) is 10.2 Å². The average Bonchev–Trinajstić information content (AvgIpc) is 2.66. The van der Waals surface area contributed by atoms with Crippen molar-refractivity contribution in [2.75, 3.05) is 0 Å². The fraction of sp³-hybridized carbons (Fsp3) is 0.200. The van der Waals surface area contributed by atoms with Crippen molar-refractivity contribution in [3.63, 3.8) is 0 Å². The van der Waals surface area contributed by atoms with Gasteiger partial charge in [-0.25, -0.2) is 4.39 Å². The third kappa shape index (κ3) is 2.07. The van der Waals surface area contributed by atoms with Crippen LogP contribution in [-0.2, 0) is 6.42 Å². The molecule has 2 aromatic rings. The normalized spacial score (nSPS) is 10.6. The lowest BCUT2D eigenvalue weighted by Gasteiger charge is -1.98. The quantitative estimate of drug-likeness (QED) is 0.841. The van der Waals surface area contributed by atoms with Gasteiger partial charge in [-0.05, 0) is 34.1 Å². The molecule has 15 heavy (non-hydrogen) atoms. The molecule has 78 valence electrons. The monoisotopic (exact) mass is 270 g/mol. The van der Waals surface area contributed by atoms with Gasteiger partial charge in [-0.15, -0.1) is 10.2 Å². The molecule has 0 fully saturated rings. The molecular formula is C10H8BrFN2O. The number of benzene rings is 1. The van der Waals surface area contributed by atoms with E-state index in [9.17, 15) is 4.39 Å². The zero-order valence-electron chi connectivity index (χ0n) is 8.00. The molecule has 1 aromatic heterocycles. The van der Waals surface area contributed by atoms with Crippen LogP contribution in [0, 0.1) is 5.82 Å². The number of hydrogen-bond acceptors (Lipinski definition) is 3. The highest BCUT2D eigenvalue weighted by Crippen LogP contribution is 2.27. The Labute approximate surface area is 94.5 Å². The molecule has 0 saturated heterocycles. The smallest absolute Gasteiger partial charge is 0.248 e. The third-order valence-corrected chi connectivity index (χ3v) is 2.59. The lowest BCUT2D eigenvalue weighted by Crippen LogP contribution is -1.82. The Kier molecular flexibility index (Phi) is 2.81. The van der Waals surface area contributed by atoms with E-state index < -0.39 is 0 Å². The molecule has 0 atom stereocenters. The molecule has 0 aliphatic heterocycles. The van der Waals surface area contributed by atoms with Gasteiger partial charge in [-0.1, -0.05) is 6.92 Å². The summed E-state index contributed by atoms with van der Waals surface area (Å²) < 4.78 is 18.8. The lowest BCUT2D eigenvalue weighted by molar-refractivity contribution is 0.512. The third-order valence-electron chi connectivity index (χ3n) is 1.93. The van der Waals surface area contributed by atoms with Crippen LogP contribution < -0.4 is 0 Å². The molecule has 0 N–H and O–H groups in total. The number of hydrogen-bond donors (Lipinski definition) is 0. The SMILES string of the molecule is CCc1nnc(-c2ccc(F)cc2Br)o1. The van der Waals surface area contributed by atoms with Crippen LogP contribution in [-0.4, -0.2) is 10.2 Å². The largest absolute Gasteiger partial charge is 0.421 e. The highest BCUT2D eigenvalue weighted by molar-refractivity contribution is 9.10. The van der Waals surface area contributed by atoms with E-state index in [-0.39, 0.29) is 5.82 Å². The van der Waals surface area contributed by atoms with E-state index >= 15 is 0 Å². The molecule has 0 amide bonds. The van der Waals surface area contributed by atoms with E-state index in [4.69, 9.17) is 4.42 Å². The summed E-state index contributed by atoms with van der Waals surface area (Å²) in [6.07, 6.45) is 0.686. The van der Waals surface area contributed by atoms with Gasteiger partial charge in [0, 0.05) is 10.9 Å². The first-order valence-electron chi connectivity index (χ1n) is 4.48. The number of halogens is 2. The minimum absolute atomic E-state index is 0.305. The van der Waals surface area contributed by atoms with E-state index in [2.05, 4.69) is 26.1 Å². The fourth-order valence-corrected chi connectivity index (χ4v) is 1.69. The second-order valence-corrected chi connectivity index (χ2v) is 3.83. The predicted molar refractivity (Wildman–Crippen MR) is 56.8 cm³/mol. The van der Waals surface area contributed by atoms with E-state index in [0.29, 0.717) is 28.2 Å². The van der Waals surface area contributed by atoms with Crippen molar-refractivity contribution in [2.24, 2.45) is 0 Å². The minimum atomic E-state index is -0.305. The van der Waals surface area contributed by atoms with Crippen molar-refractivity contribution in [1.29, 1.82) is 0 Å². The van der Waals surface area contributed by atoms with Crippen LogP contribution >= 0.6 is 15.9 Å². The fourth-order valence-electron chi connectivity index (χ4n) is 1.17. The number of aryl methyl sites for hydroxylation is 1. The van der Waals surface area contributed by atoms with Gasteiger partial charge < -0.3 is 4.42 Å². The van der Waals surface area contributed by atoms with Crippen molar-refractivity contribution in [3.8, 4) is 11.5 Å². The molecule has 0 saturated carbocycles. The second kappa shape index (κ2) is 4.10. The van der Waals surface area contributed by atoms with Gasteiger partial charge in [0.1, 0.15) is 5.82 Å². The van der Waals surface area contributed by atoms with Gasteiger partial charge in [0.05, 0.1) is 5.56 Å². The Morgan fingerprint density at radius 2 is 2.20 bits per heavy atom. The molecule has 3 nitrogen and oxygen atoms in total. The van der Waals surface area contributed by atoms with Crippen LogP contribution in [0.3, 0.4) is 0 Å². The minimum Gasteiger partial charge on any atom is -0.421 e. The van der Waals surface area contributed by atoms with Crippen molar-refractivity contribution >= 4 is 15.9 Å². The molecule has 0 aliphatic rings. The maximum absolute atomic E-state index is 12.8. The average molecular weight is 271 g/mol. The number of aromatic nitrogens is 2. The Bertz CT molecular complexity index is 484. The zero-order valence-corrected chi connectivity index (χ0v) is 9.58. The predicted octanol–water partition coefficient (Wildman–Crippen LogP) is 3.20. The summed E-state index contributed by atoms with van der Waals surface area (Å²) in [6, 6.07) is 4.33. The molecule has 5 heteroatoms. The summed E-state index contributed by atoms with van der Waals surface area (Å²) in [6.45, 7) is 1.93. The van der Waals surface area contributed by atoms with Crippen LogP contribution in [0.2, 0.25) is 0 Å². The molecule has 0 bridgehead atoms. The van der Waals surface area contributed by atoms with Gasteiger partial charge in [0.15, 0.2) is 0 Å². The first-order chi connectivity index (χ1) is 7.20. The Hall–Kier alpha value is -1.23. The van der Waals surface area contributed by atoms with Crippen LogP contribution in [0.5, 0.6) is 0 Å². The molecule has 0 unspecified atom stereocenters. The maximum Gasteiger partial charge on any atom is 0.248 e. The highest BCUT2D eigenvalue weighted by atomic mass is 79.9. The van der Waals surface area contributed by atoms with Crippen LogP contribution in [0.15, 0.2) is 27.1 Å². The Morgan fingerprint density at radius 3 is 2.80 bits per heavy atom. The summed E-state index contributed by atoms with van der Waals surface area (Å²) in [5.41, 5.74) is 0.698. The van der Waals surface area contributed by atoms with Crippen molar-refractivity contribution in [2.45, 2.75) is 13.3 Å². The first-order valence-corrected chi connectivity index (χ1v) is 5.28. The lowest BCUT2D eigenvalue weighted by atomic mass is 10.2. The summed E-state index contributed by atoms with van der Waals surface area (Å²) in [4.78, 5) is 0. The molecule has 1 aromatic carbocycles. The van der Waals surface area contributed by atoms with E-state index in [0.717, 1.165) is 0 Å². The van der Waals surface area contributed by atoms with Gasteiger partial charge in [0.25, 0.3) is 0 Å². The van der Waals surface area contributed by atoms with Crippen molar-refractivity contribution in [3.05, 3.63) is 34.4 Å². The zero-order chi connectivity index (χ0) is 10.8. The molecule has 0 radical (unpaired) electrons. The number of rotatable bonds is 2. The van der Waals surface area contributed by atoms with Gasteiger partial charge in [0.2, 0.25) is 11.8 Å². The molecule has 1 heterocycles. The summed E-state index contributed by atoms with van der Waals surface area (Å²) in [5.74, 6) is 0.667. The van der Waals surface area contributed by atoms with Gasteiger partial charge in [-0.3, -0.25) is 0 Å². The molecular weight excluding hydrogens is 263 g/mol. The van der Waals surface area contributed by atoms with E-state index in [1.165, 1.54) is 12.1 Å². The summed E-state index contributed by atoms with van der Waals surface area (Å²) in [5, 5.41) is 7.72. The van der Waals surface area contributed by atoms with Crippen LogP contribution in [0.1, 0.15) is 12.8 Å². The maximum atomic E-state index is 12.8. The second-order valence-electron chi connectivity index (χ2n) is 2.98. The molecule has 0 spiro atoms.